The number of benzene rings is 2. The van der Waals surface area contributed by atoms with Crippen LogP contribution in [0.4, 0.5) is 5.69 Å². The largest absolute Gasteiger partial charge is 0.295 e. The Morgan fingerprint density at radius 3 is 2.54 bits per heavy atom. The third-order valence-electron chi connectivity index (χ3n) is 3.47. The number of carbonyl (C=O) groups is 2. The molecule has 2 aromatic carbocycles. The fourth-order valence-corrected chi connectivity index (χ4v) is 4.00. The summed E-state index contributed by atoms with van der Waals surface area (Å²) in [7, 11) is 0. The Hall–Kier alpha value is -1.76. The average Bonchev–Trinajstić information content (AvgIpc) is 2.81. The van der Waals surface area contributed by atoms with Crippen molar-refractivity contribution < 1.29 is 9.59 Å². The lowest BCUT2D eigenvalue weighted by Crippen LogP contribution is -2.27. The van der Waals surface area contributed by atoms with Gasteiger partial charge in [-0.3, -0.25) is 14.5 Å². The van der Waals surface area contributed by atoms with Gasteiger partial charge >= 0.3 is 0 Å². The zero-order valence-electron chi connectivity index (χ0n) is 12.7. The fourth-order valence-electron chi connectivity index (χ4n) is 2.28. The Bertz CT molecular complexity index is 875. The molecule has 0 unspecified atom stereocenters. The van der Waals surface area contributed by atoms with Crippen LogP contribution in [0.25, 0.3) is 6.08 Å². The maximum atomic E-state index is 12.7. The third kappa shape index (κ3) is 3.50. The van der Waals surface area contributed by atoms with E-state index < -0.39 is 0 Å². The second-order valence-electron chi connectivity index (χ2n) is 5.18. The van der Waals surface area contributed by atoms with Crippen molar-refractivity contribution in [3.05, 3.63) is 69.0 Å². The highest BCUT2D eigenvalue weighted by atomic mass is 79.9. The van der Waals surface area contributed by atoms with Crippen molar-refractivity contribution in [2.45, 2.75) is 6.92 Å². The van der Waals surface area contributed by atoms with Crippen LogP contribution < -0.4 is 4.90 Å². The van der Waals surface area contributed by atoms with Crippen molar-refractivity contribution in [3.8, 4) is 0 Å². The molecule has 0 bridgehead atoms. The van der Waals surface area contributed by atoms with Crippen LogP contribution in [0.1, 0.15) is 22.8 Å². The minimum absolute atomic E-state index is 0.0125. The number of Topliss-reactive ketones (excluding diaryl/α,β-unsaturated/α-hetero) is 1. The number of amides is 1. The van der Waals surface area contributed by atoms with Crippen LogP contribution in [0.5, 0.6) is 0 Å². The molecule has 24 heavy (non-hydrogen) atoms. The molecule has 0 aliphatic carbocycles. The lowest BCUT2D eigenvalue weighted by molar-refractivity contribution is -0.113. The number of hydrogen-bond acceptors (Lipinski definition) is 4. The second kappa shape index (κ2) is 7.01. The van der Waals surface area contributed by atoms with Gasteiger partial charge in [0.15, 0.2) is 10.1 Å². The summed E-state index contributed by atoms with van der Waals surface area (Å²) in [5.74, 6) is -0.165. The molecule has 0 spiro atoms. The van der Waals surface area contributed by atoms with Gasteiger partial charge in [0.2, 0.25) is 0 Å². The van der Waals surface area contributed by atoms with E-state index in [2.05, 4.69) is 15.9 Å². The monoisotopic (exact) mass is 417 g/mol. The predicted molar refractivity (Wildman–Crippen MR) is 106 cm³/mol. The Morgan fingerprint density at radius 2 is 1.92 bits per heavy atom. The van der Waals surface area contributed by atoms with Gasteiger partial charge in [-0.1, -0.05) is 52.0 Å². The first kappa shape index (κ1) is 17.1. The van der Waals surface area contributed by atoms with Gasteiger partial charge in [-0.15, -0.1) is 0 Å². The summed E-state index contributed by atoms with van der Waals surface area (Å²) in [5.41, 5.74) is 2.20. The Balaban J connectivity index is 1.90. The maximum Gasteiger partial charge on any atom is 0.270 e. The summed E-state index contributed by atoms with van der Waals surface area (Å²) in [6, 6.07) is 14.6. The first-order valence-corrected chi connectivity index (χ1v) is 9.12. The van der Waals surface area contributed by atoms with Gasteiger partial charge in [0.25, 0.3) is 5.91 Å². The van der Waals surface area contributed by atoms with Crippen LogP contribution in [0.15, 0.2) is 57.9 Å². The van der Waals surface area contributed by atoms with Gasteiger partial charge in [-0.2, -0.15) is 0 Å². The Labute approximate surface area is 157 Å². The van der Waals surface area contributed by atoms with Gasteiger partial charge < -0.3 is 0 Å². The number of ketones is 1. The van der Waals surface area contributed by atoms with E-state index in [0.29, 0.717) is 20.5 Å². The summed E-state index contributed by atoms with van der Waals surface area (Å²) in [4.78, 5) is 26.1. The van der Waals surface area contributed by atoms with Crippen molar-refractivity contribution in [2.24, 2.45) is 0 Å². The smallest absolute Gasteiger partial charge is 0.270 e. The molecule has 1 heterocycles. The van der Waals surface area contributed by atoms with Crippen molar-refractivity contribution in [3.63, 3.8) is 0 Å². The summed E-state index contributed by atoms with van der Waals surface area (Å²) in [6.07, 6.45) is 1.83. The van der Waals surface area contributed by atoms with Crippen LogP contribution in [0.3, 0.4) is 0 Å². The summed E-state index contributed by atoms with van der Waals surface area (Å²) in [5, 5.41) is 0. The molecule has 120 valence electrons. The molecule has 0 atom stereocenters. The van der Waals surface area contributed by atoms with Crippen molar-refractivity contribution in [1.82, 2.24) is 0 Å². The number of carbonyl (C=O) groups excluding carboxylic acids is 2. The average molecular weight is 418 g/mol. The second-order valence-corrected chi connectivity index (χ2v) is 7.77. The normalized spacial score (nSPS) is 16.1. The van der Waals surface area contributed by atoms with Gasteiger partial charge in [-0.25, -0.2) is 0 Å². The van der Waals surface area contributed by atoms with Crippen LogP contribution in [-0.2, 0) is 4.79 Å². The number of rotatable bonds is 3. The molecule has 1 amide bonds. The lowest BCUT2D eigenvalue weighted by Gasteiger charge is -2.14. The van der Waals surface area contributed by atoms with Crippen LogP contribution >= 0.6 is 39.9 Å². The van der Waals surface area contributed by atoms with E-state index in [0.717, 1.165) is 10.0 Å². The number of halogens is 1. The minimum atomic E-state index is -0.152. The molecule has 1 fully saturated rings. The van der Waals surface area contributed by atoms with E-state index >= 15 is 0 Å². The van der Waals surface area contributed by atoms with Crippen molar-refractivity contribution in [2.75, 3.05) is 4.90 Å². The Kier molecular flexibility index (Phi) is 4.99. The molecule has 0 saturated carbocycles. The van der Waals surface area contributed by atoms with Crippen molar-refractivity contribution >= 4 is 67.7 Å². The maximum absolute atomic E-state index is 12.7. The quantitative estimate of drug-likeness (QED) is 0.397. The molecular formula is C18H12BrNO2S2. The molecule has 3 nitrogen and oxygen atoms in total. The number of nitrogens with zero attached hydrogens (tertiary/aromatic N) is 1. The van der Waals surface area contributed by atoms with Gasteiger partial charge in [0, 0.05) is 10.0 Å². The lowest BCUT2D eigenvalue weighted by atomic mass is 10.1. The van der Waals surface area contributed by atoms with E-state index in [4.69, 9.17) is 12.2 Å². The summed E-state index contributed by atoms with van der Waals surface area (Å²) in [6.45, 7) is 1.51. The van der Waals surface area contributed by atoms with E-state index in [9.17, 15) is 9.59 Å². The number of thioether (sulfide) groups is 1. The molecule has 0 aromatic heterocycles. The first-order valence-electron chi connectivity index (χ1n) is 7.10. The van der Waals surface area contributed by atoms with E-state index in [-0.39, 0.29) is 11.7 Å². The summed E-state index contributed by atoms with van der Waals surface area (Å²) >= 11 is 10.0. The molecule has 0 radical (unpaired) electrons. The van der Waals surface area contributed by atoms with Crippen LogP contribution in [0.2, 0.25) is 0 Å². The first-order chi connectivity index (χ1) is 11.5. The van der Waals surface area contributed by atoms with Gasteiger partial charge in [0.05, 0.1) is 10.6 Å². The topological polar surface area (TPSA) is 37.4 Å². The molecule has 2 aromatic rings. The molecule has 1 aliphatic rings. The standard InChI is InChI=1S/C18H12BrNO2S2/c1-11(21)13-5-7-15(8-6-13)20-17(22)16(24-18(20)23)10-12-3-2-4-14(19)9-12/h2-10H,1H3. The zero-order chi connectivity index (χ0) is 17.3. The SMILES string of the molecule is CC(=O)c1ccc(N2C(=O)C(=Cc3cccc(Br)c3)SC2=S)cc1. The molecule has 1 aliphatic heterocycles. The molecule has 0 N–H and O–H groups in total. The van der Waals surface area contributed by atoms with E-state index in [1.165, 1.54) is 23.6 Å². The third-order valence-corrected chi connectivity index (χ3v) is 5.27. The number of hydrogen-bond donors (Lipinski definition) is 0. The molecule has 1 saturated heterocycles. The Morgan fingerprint density at radius 1 is 1.21 bits per heavy atom. The highest BCUT2D eigenvalue weighted by Crippen LogP contribution is 2.36. The number of thiocarbonyl (C=S) groups is 1. The predicted octanol–water partition coefficient (Wildman–Crippen LogP) is 5.06. The highest BCUT2D eigenvalue weighted by molar-refractivity contribution is 9.10. The fraction of sp³-hybridized carbons (Fsp3) is 0.0556. The van der Waals surface area contributed by atoms with Gasteiger partial charge in [-0.05, 0) is 55.0 Å². The minimum Gasteiger partial charge on any atom is -0.295 e. The molecular weight excluding hydrogens is 406 g/mol. The molecule has 6 heteroatoms. The summed E-state index contributed by atoms with van der Waals surface area (Å²) < 4.78 is 1.43. The van der Waals surface area contributed by atoms with Gasteiger partial charge in [0.1, 0.15) is 0 Å². The number of anilines is 1. The zero-order valence-corrected chi connectivity index (χ0v) is 15.9. The van der Waals surface area contributed by atoms with Crippen LogP contribution in [-0.4, -0.2) is 16.0 Å². The van der Waals surface area contributed by atoms with Crippen molar-refractivity contribution in [1.29, 1.82) is 0 Å². The van der Waals surface area contributed by atoms with Crippen LogP contribution in [0, 0.1) is 0 Å². The van der Waals surface area contributed by atoms with E-state index in [1.807, 2.05) is 30.3 Å². The highest BCUT2D eigenvalue weighted by Gasteiger charge is 2.33. The molecule has 3 rings (SSSR count). The van der Waals surface area contributed by atoms with E-state index in [1.54, 1.807) is 24.3 Å².